The number of ether oxygens (including phenoxy) is 1. The predicted octanol–water partition coefficient (Wildman–Crippen LogP) is 2.88. The molecule has 1 N–H and O–H groups in total. The lowest BCUT2D eigenvalue weighted by atomic mass is 9.70. The number of benzene rings is 1. The molecule has 0 aromatic heterocycles. The molecule has 0 spiro atoms. The van der Waals surface area contributed by atoms with Crippen LogP contribution in [0.25, 0.3) is 0 Å². The molecule has 3 rings (SSSR count). The van der Waals surface area contributed by atoms with Crippen LogP contribution in [0.2, 0.25) is 0 Å². The molecule has 104 valence electrons. The Morgan fingerprint density at radius 3 is 2.47 bits per heavy atom. The Kier molecular flexibility index (Phi) is 3.40. The van der Waals surface area contributed by atoms with E-state index in [4.69, 9.17) is 4.74 Å². The normalized spacial score (nSPS) is 25.3. The molecule has 19 heavy (non-hydrogen) atoms. The molecule has 2 aliphatic heterocycles. The highest BCUT2D eigenvalue weighted by atomic mass is 16.5. The Balaban J connectivity index is 1.90. The largest absolute Gasteiger partial charge is 0.379 e. The van der Waals surface area contributed by atoms with E-state index in [0.29, 0.717) is 5.41 Å². The number of nitrogens with one attached hydrogen (secondary N) is 1. The van der Waals surface area contributed by atoms with Gasteiger partial charge in [-0.25, -0.2) is 0 Å². The molecular formula is C17H25NO. The Bertz CT molecular complexity index is 470. The number of rotatable bonds is 3. The van der Waals surface area contributed by atoms with E-state index in [0.717, 1.165) is 19.1 Å². The van der Waals surface area contributed by atoms with Gasteiger partial charge in [0.05, 0.1) is 13.2 Å². The van der Waals surface area contributed by atoms with Crippen LogP contribution in [0.4, 0.5) is 0 Å². The van der Waals surface area contributed by atoms with Crippen LogP contribution in [0.3, 0.4) is 0 Å². The first-order valence-electron chi connectivity index (χ1n) is 7.47. The van der Waals surface area contributed by atoms with Crippen molar-refractivity contribution in [1.82, 2.24) is 5.32 Å². The molecule has 2 nitrogen and oxygen atoms in total. The zero-order valence-corrected chi connectivity index (χ0v) is 12.4. The van der Waals surface area contributed by atoms with Gasteiger partial charge in [-0.15, -0.1) is 0 Å². The predicted molar refractivity (Wildman–Crippen MR) is 78.7 cm³/mol. The Labute approximate surface area is 116 Å². The summed E-state index contributed by atoms with van der Waals surface area (Å²) in [7, 11) is 0. The van der Waals surface area contributed by atoms with Gasteiger partial charge in [0, 0.05) is 5.41 Å². The van der Waals surface area contributed by atoms with Crippen LogP contribution in [0.15, 0.2) is 12.1 Å². The van der Waals surface area contributed by atoms with Crippen molar-refractivity contribution in [3.63, 3.8) is 0 Å². The van der Waals surface area contributed by atoms with Crippen LogP contribution in [0, 0.1) is 26.7 Å². The molecule has 0 bridgehead atoms. The second-order valence-corrected chi connectivity index (χ2v) is 6.59. The highest BCUT2D eigenvalue weighted by Crippen LogP contribution is 2.41. The maximum atomic E-state index is 5.61. The van der Waals surface area contributed by atoms with E-state index in [-0.39, 0.29) is 0 Å². The summed E-state index contributed by atoms with van der Waals surface area (Å²) >= 11 is 0. The van der Waals surface area contributed by atoms with Crippen molar-refractivity contribution >= 4 is 0 Å². The fourth-order valence-corrected chi connectivity index (χ4v) is 3.70. The lowest BCUT2D eigenvalue weighted by Crippen LogP contribution is -2.48. The van der Waals surface area contributed by atoms with Crippen molar-refractivity contribution in [3.05, 3.63) is 34.4 Å². The lowest BCUT2D eigenvalue weighted by molar-refractivity contribution is -0.0708. The third kappa shape index (κ3) is 2.32. The highest BCUT2D eigenvalue weighted by molar-refractivity contribution is 5.42. The first-order valence-corrected chi connectivity index (χ1v) is 7.47. The Morgan fingerprint density at radius 1 is 1.16 bits per heavy atom. The summed E-state index contributed by atoms with van der Waals surface area (Å²) < 4.78 is 5.61. The molecule has 1 aromatic carbocycles. The Hall–Kier alpha value is -0.860. The molecule has 1 atom stereocenters. The maximum absolute atomic E-state index is 5.61. The van der Waals surface area contributed by atoms with Crippen LogP contribution in [-0.4, -0.2) is 26.3 Å². The second kappa shape index (κ2) is 4.92. The molecule has 2 saturated heterocycles. The average molecular weight is 259 g/mol. The van der Waals surface area contributed by atoms with E-state index >= 15 is 0 Å². The molecule has 2 fully saturated rings. The average Bonchev–Trinajstić information content (AvgIpc) is 2.82. The quantitative estimate of drug-likeness (QED) is 0.901. The van der Waals surface area contributed by atoms with Crippen molar-refractivity contribution in [2.24, 2.45) is 5.92 Å². The number of hydrogen-bond donors (Lipinski definition) is 1. The first-order chi connectivity index (χ1) is 9.11. The van der Waals surface area contributed by atoms with E-state index in [2.05, 4.69) is 38.2 Å². The molecule has 2 heterocycles. The van der Waals surface area contributed by atoms with Gasteiger partial charge in [-0.1, -0.05) is 12.1 Å². The minimum Gasteiger partial charge on any atom is -0.379 e. The smallest absolute Gasteiger partial charge is 0.0585 e. The van der Waals surface area contributed by atoms with Gasteiger partial charge in [0.2, 0.25) is 0 Å². The van der Waals surface area contributed by atoms with Crippen molar-refractivity contribution in [3.8, 4) is 0 Å². The summed E-state index contributed by atoms with van der Waals surface area (Å²) in [5, 5.41) is 3.49. The van der Waals surface area contributed by atoms with Crippen LogP contribution >= 0.6 is 0 Å². The first kappa shape index (κ1) is 13.1. The number of hydrogen-bond acceptors (Lipinski definition) is 2. The molecule has 0 saturated carbocycles. The van der Waals surface area contributed by atoms with Gasteiger partial charge in [-0.2, -0.15) is 0 Å². The summed E-state index contributed by atoms with van der Waals surface area (Å²) in [5.41, 5.74) is 6.08. The van der Waals surface area contributed by atoms with Crippen molar-refractivity contribution in [2.75, 3.05) is 26.3 Å². The van der Waals surface area contributed by atoms with Gasteiger partial charge >= 0.3 is 0 Å². The molecule has 1 aromatic rings. The minimum atomic E-state index is 0.291. The summed E-state index contributed by atoms with van der Waals surface area (Å²) in [4.78, 5) is 0. The molecular weight excluding hydrogens is 234 g/mol. The zero-order valence-electron chi connectivity index (χ0n) is 12.4. The van der Waals surface area contributed by atoms with Gasteiger partial charge in [-0.05, 0) is 74.9 Å². The standard InChI is InChI=1S/C17H25NO/c1-12-6-14(3)16(7-13(12)2)17(10-19-11-17)8-15-4-5-18-9-15/h6-7,15,18H,4-5,8-11H2,1-3H3. The second-order valence-electron chi connectivity index (χ2n) is 6.59. The van der Waals surface area contributed by atoms with Gasteiger partial charge < -0.3 is 10.1 Å². The van der Waals surface area contributed by atoms with Gasteiger partial charge in [0.25, 0.3) is 0 Å². The van der Waals surface area contributed by atoms with Crippen molar-refractivity contribution < 1.29 is 4.74 Å². The fourth-order valence-electron chi connectivity index (χ4n) is 3.70. The molecule has 0 aliphatic carbocycles. The van der Waals surface area contributed by atoms with E-state index < -0.39 is 0 Å². The van der Waals surface area contributed by atoms with E-state index in [1.165, 1.54) is 48.2 Å². The third-order valence-electron chi connectivity index (χ3n) is 5.01. The monoisotopic (exact) mass is 259 g/mol. The van der Waals surface area contributed by atoms with Crippen LogP contribution in [-0.2, 0) is 10.2 Å². The van der Waals surface area contributed by atoms with E-state index in [1.54, 1.807) is 0 Å². The maximum Gasteiger partial charge on any atom is 0.0585 e. The molecule has 2 heteroatoms. The van der Waals surface area contributed by atoms with Crippen molar-refractivity contribution in [1.29, 1.82) is 0 Å². The van der Waals surface area contributed by atoms with Crippen LogP contribution in [0.1, 0.15) is 35.1 Å². The Morgan fingerprint density at radius 2 is 1.89 bits per heavy atom. The lowest BCUT2D eigenvalue weighted by Gasteiger charge is -2.44. The highest BCUT2D eigenvalue weighted by Gasteiger charge is 2.43. The molecule has 1 unspecified atom stereocenters. The van der Waals surface area contributed by atoms with Gasteiger partial charge in [0.15, 0.2) is 0 Å². The fraction of sp³-hybridized carbons (Fsp3) is 0.647. The zero-order chi connectivity index (χ0) is 13.5. The molecule has 0 radical (unpaired) electrons. The summed E-state index contributed by atoms with van der Waals surface area (Å²) in [6.07, 6.45) is 2.61. The summed E-state index contributed by atoms with van der Waals surface area (Å²) in [6.45, 7) is 10.9. The van der Waals surface area contributed by atoms with E-state index in [1.807, 2.05) is 0 Å². The van der Waals surface area contributed by atoms with Crippen LogP contribution < -0.4 is 5.32 Å². The summed E-state index contributed by atoms with van der Waals surface area (Å²) in [6, 6.07) is 4.76. The third-order valence-corrected chi connectivity index (χ3v) is 5.01. The van der Waals surface area contributed by atoms with Crippen molar-refractivity contribution in [2.45, 2.75) is 39.0 Å². The van der Waals surface area contributed by atoms with Gasteiger partial charge in [0.1, 0.15) is 0 Å². The summed E-state index contributed by atoms with van der Waals surface area (Å²) in [5.74, 6) is 0.824. The molecule has 0 amide bonds. The van der Waals surface area contributed by atoms with E-state index in [9.17, 15) is 0 Å². The number of aryl methyl sites for hydroxylation is 3. The molecule has 2 aliphatic rings. The topological polar surface area (TPSA) is 21.3 Å². The SMILES string of the molecule is Cc1cc(C)c(C2(CC3CCNC3)COC2)cc1C. The minimum absolute atomic E-state index is 0.291. The van der Waals surface area contributed by atoms with Gasteiger partial charge in [-0.3, -0.25) is 0 Å². The van der Waals surface area contributed by atoms with Crippen LogP contribution in [0.5, 0.6) is 0 Å².